The van der Waals surface area contributed by atoms with Gasteiger partial charge in [0.25, 0.3) is 0 Å². The number of carbonyl (C=O) groups excluding carboxylic acids is 3. The summed E-state index contributed by atoms with van der Waals surface area (Å²) in [5.41, 5.74) is 8.82. The number of unbranched alkanes of at least 4 members (excludes halogenated alkanes) is 2. The molecule has 3 heterocycles. The standard InChI is InChI=1S/C60H84Cl4N6O12S2.C31H43Cl2NO6S/c1-68(20-5-4-13-49(71)14-8-22-77-26-30-81-31-27-78-23-10-34-83(73,74)50-15-6-11-45(35-50)54-41-69(2)43-56-52(54)37-47(61)39-58(56)63)21-9-17-65-60(72)66-18-24-79-28-32-82-33-29-80-25-19-67-84(75,76)51-16-7-12-46(36-51)55-42-70(3)44-57-53(55)38-48(62)40-59(57)64;1-3-4-9-26(35)10-6-12-38-14-16-40-17-15-39-13-7-18-41(36,37)27-11-5-8-24(19-27)29-22-34(2)23-30-28(29)20-25(32)21-31(30)33/h6-7,11-12,15-16,35-40,54-55,67H,4-5,8-10,13-14,17-34,41-44H2,1-3H3,(H2,65,66,72);5,8,11,19-21,29H,3-4,6-7,9-10,12-18,22-23H2,1-2H3/t54-,55-;29-/m00/s1. The molecule has 3 N–H and O–H groups in total. The van der Waals surface area contributed by atoms with Crippen LogP contribution in [0.25, 0.3) is 0 Å². The third-order valence-corrected chi connectivity index (χ3v) is 28.3. The number of benzene rings is 6. The summed E-state index contributed by atoms with van der Waals surface area (Å²) in [5, 5.41) is 9.18. The summed E-state index contributed by atoms with van der Waals surface area (Å²) < 4.78 is 132. The van der Waals surface area contributed by atoms with E-state index in [0.717, 1.165) is 121 Å². The molecule has 0 bridgehead atoms. The minimum absolute atomic E-state index is 0.00487. The number of sulfonamides is 1. The Labute approximate surface area is 771 Å². The highest BCUT2D eigenvalue weighted by atomic mass is 35.5. The number of nitrogens with zero attached hydrogens (tertiary/aromatic N) is 4. The second-order valence-electron chi connectivity index (χ2n) is 31.8. The van der Waals surface area contributed by atoms with E-state index in [4.69, 9.17) is 112 Å². The summed E-state index contributed by atoms with van der Waals surface area (Å²) in [6.07, 6.45) is 8.96. The van der Waals surface area contributed by atoms with E-state index in [1.54, 1.807) is 72.8 Å². The maximum atomic E-state index is 13.3. The average molecular weight is 1920 g/mol. The highest BCUT2D eigenvalue weighted by molar-refractivity contribution is 7.91. The van der Waals surface area contributed by atoms with Gasteiger partial charge in [0.05, 0.1) is 119 Å². The van der Waals surface area contributed by atoms with Gasteiger partial charge in [0.2, 0.25) is 10.0 Å². The second-order valence-corrected chi connectivity index (χ2v) is 40.3. The molecule has 3 aliphatic heterocycles. The molecule has 3 atom stereocenters. The van der Waals surface area contributed by atoms with Crippen LogP contribution in [-0.2, 0) is 102 Å². The topological polar surface area (TPSA) is 286 Å². The molecular formula is C91H127Cl6N7O18S3. The van der Waals surface area contributed by atoms with Gasteiger partial charge in [-0.3, -0.25) is 9.59 Å². The molecule has 2 amide bonds. The van der Waals surface area contributed by atoms with Gasteiger partial charge in [-0.2, -0.15) is 0 Å². The van der Waals surface area contributed by atoms with Crippen molar-refractivity contribution in [3.63, 3.8) is 0 Å². The minimum atomic E-state index is -3.78. The number of Topliss-reactive ketones (excluding diaryl/α,β-unsaturated/α-hetero) is 2. The van der Waals surface area contributed by atoms with E-state index in [2.05, 4.69) is 41.9 Å². The van der Waals surface area contributed by atoms with Crippen LogP contribution >= 0.6 is 69.6 Å². The monoisotopic (exact) mass is 1910 g/mol. The largest absolute Gasteiger partial charge is 0.379 e. The van der Waals surface area contributed by atoms with Crippen LogP contribution in [0, 0.1) is 0 Å². The minimum Gasteiger partial charge on any atom is -0.379 e. The van der Waals surface area contributed by atoms with Crippen molar-refractivity contribution in [2.45, 2.75) is 142 Å². The van der Waals surface area contributed by atoms with Crippen LogP contribution in [0.2, 0.25) is 30.1 Å². The first-order valence-electron chi connectivity index (χ1n) is 43.3. The number of ketones is 2. The van der Waals surface area contributed by atoms with Gasteiger partial charge in [-0.05, 0) is 216 Å². The highest BCUT2D eigenvalue weighted by Gasteiger charge is 2.32. The smallest absolute Gasteiger partial charge is 0.314 e. The Morgan fingerprint density at radius 2 is 0.712 bits per heavy atom. The summed E-state index contributed by atoms with van der Waals surface area (Å²) >= 11 is 38.6. The highest BCUT2D eigenvalue weighted by Crippen LogP contribution is 2.43. The number of sulfone groups is 2. The van der Waals surface area contributed by atoms with Crippen LogP contribution in [0.3, 0.4) is 0 Å². The maximum absolute atomic E-state index is 13.3. The Morgan fingerprint density at radius 1 is 0.384 bits per heavy atom. The third-order valence-electron chi connectivity index (χ3n) is 21.5. The fraction of sp³-hybridized carbons (Fsp3) is 0.571. The lowest BCUT2D eigenvalue weighted by molar-refractivity contribution is -0.120. The zero-order valence-corrected chi connectivity index (χ0v) is 79.9. The number of amides is 2. The van der Waals surface area contributed by atoms with E-state index in [1.807, 2.05) is 64.6 Å². The molecule has 0 radical (unpaired) electrons. The Bertz CT molecular complexity index is 4490. The molecule has 0 unspecified atom stereocenters. The van der Waals surface area contributed by atoms with Crippen molar-refractivity contribution in [2.24, 2.45) is 0 Å². The number of rotatable bonds is 59. The number of hydrogen-bond donors (Lipinski definition) is 3. The van der Waals surface area contributed by atoms with E-state index in [0.29, 0.717) is 231 Å². The summed E-state index contributed by atoms with van der Waals surface area (Å²) in [6, 6.07) is 32.1. The van der Waals surface area contributed by atoms with Crippen molar-refractivity contribution in [3.05, 3.63) is 189 Å². The molecule has 125 heavy (non-hydrogen) atoms. The fourth-order valence-electron chi connectivity index (χ4n) is 15.1. The molecular weight excluding hydrogens is 1790 g/mol. The van der Waals surface area contributed by atoms with Crippen molar-refractivity contribution in [2.75, 3.05) is 211 Å². The molecule has 9 rings (SSSR count). The van der Waals surface area contributed by atoms with Crippen LogP contribution in [-0.4, -0.2) is 273 Å². The molecule has 0 aliphatic carbocycles. The Balaban J connectivity index is 0.000000393. The van der Waals surface area contributed by atoms with Gasteiger partial charge in [0.1, 0.15) is 11.6 Å². The number of ether oxygens (including phenoxy) is 9. The molecule has 0 aromatic heterocycles. The zero-order chi connectivity index (χ0) is 90.0. The van der Waals surface area contributed by atoms with Crippen LogP contribution in [0.5, 0.6) is 0 Å². The predicted molar refractivity (Wildman–Crippen MR) is 495 cm³/mol. The molecule has 6 aromatic rings. The maximum Gasteiger partial charge on any atom is 0.314 e. The molecule has 3 aliphatic rings. The Morgan fingerprint density at radius 3 is 1.11 bits per heavy atom. The summed E-state index contributed by atoms with van der Waals surface area (Å²) in [7, 11) is -2.67. The summed E-state index contributed by atoms with van der Waals surface area (Å²) in [6.45, 7) is 15.8. The van der Waals surface area contributed by atoms with Crippen LogP contribution < -0.4 is 15.4 Å². The van der Waals surface area contributed by atoms with Gasteiger partial charge < -0.3 is 72.9 Å². The molecule has 6 aromatic carbocycles. The number of nitrogens with one attached hydrogen (secondary N) is 3. The first kappa shape index (κ1) is 105. The van der Waals surface area contributed by atoms with E-state index in [1.165, 1.54) is 0 Å². The van der Waals surface area contributed by atoms with Crippen molar-refractivity contribution in [1.82, 2.24) is 35.0 Å². The van der Waals surface area contributed by atoms with E-state index in [-0.39, 0.29) is 64.0 Å². The quantitative estimate of drug-likeness (QED) is 0.0299. The average Bonchev–Trinajstić information content (AvgIpc) is 0.781. The SMILES string of the molecule is CCCCC(=O)CCCOCCOCCOCCCS(=O)(=O)c1cccc([C@@H]2CN(C)Cc3c(Cl)cc(Cl)cc32)c1.CN(CCCCC(=O)CCCOCCOCCOCCCS(=O)(=O)c1cccc([C@@H]2CN(C)Cc3c(Cl)cc(Cl)cc32)c1)CCCNC(=O)NCCOCCOCCOCCNS(=O)(=O)c1cccc([C@@H]2CN(C)Cc3c(Cl)cc(Cl)cc32)c1. The van der Waals surface area contributed by atoms with Crippen molar-refractivity contribution >= 4 is 117 Å². The lowest BCUT2D eigenvalue weighted by Gasteiger charge is -2.33. The van der Waals surface area contributed by atoms with E-state index < -0.39 is 29.7 Å². The number of halogens is 6. The van der Waals surface area contributed by atoms with E-state index >= 15 is 0 Å². The van der Waals surface area contributed by atoms with Crippen molar-refractivity contribution in [3.8, 4) is 0 Å². The van der Waals surface area contributed by atoms with Gasteiger partial charge in [0, 0.05) is 159 Å². The molecule has 694 valence electrons. The van der Waals surface area contributed by atoms with Gasteiger partial charge in [0.15, 0.2) is 19.7 Å². The van der Waals surface area contributed by atoms with Crippen LogP contribution in [0.1, 0.15) is 158 Å². The molecule has 0 saturated carbocycles. The Hall–Kier alpha value is -5.04. The molecule has 0 spiro atoms. The van der Waals surface area contributed by atoms with Gasteiger partial charge in [-0.1, -0.05) is 119 Å². The first-order chi connectivity index (χ1) is 60.1. The zero-order valence-electron chi connectivity index (χ0n) is 72.9. The number of fused-ring (bicyclic) bond motifs is 3. The second kappa shape index (κ2) is 56.6. The van der Waals surface area contributed by atoms with Gasteiger partial charge >= 0.3 is 6.03 Å². The van der Waals surface area contributed by atoms with Gasteiger partial charge in [-0.25, -0.2) is 34.8 Å². The number of likely N-dealkylation sites (N-methyl/N-ethyl adjacent to an activating group) is 3. The van der Waals surface area contributed by atoms with Crippen molar-refractivity contribution in [1.29, 1.82) is 0 Å². The third kappa shape index (κ3) is 37.6. The lowest BCUT2D eigenvalue weighted by Crippen LogP contribution is -2.38. The number of urea groups is 1. The molecule has 25 nitrogen and oxygen atoms in total. The fourth-order valence-corrected chi connectivity index (χ4v) is 20.5. The summed E-state index contributed by atoms with van der Waals surface area (Å²) in [5.74, 6) is 0.351. The summed E-state index contributed by atoms with van der Waals surface area (Å²) in [4.78, 5) is 45.7. The predicted octanol–water partition coefficient (Wildman–Crippen LogP) is 15.2. The first-order valence-corrected chi connectivity index (χ1v) is 50.3. The van der Waals surface area contributed by atoms with Crippen LogP contribution in [0.15, 0.2) is 124 Å². The van der Waals surface area contributed by atoms with Gasteiger partial charge in [-0.15, -0.1) is 0 Å². The molecule has 0 saturated heterocycles. The number of hydrogen-bond acceptors (Lipinski definition) is 22. The normalized spacial score (nSPS) is 15.7. The lowest BCUT2D eigenvalue weighted by atomic mass is 9.85. The van der Waals surface area contributed by atoms with E-state index in [9.17, 15) is 39.6 Å². The molecule has 0 fully saturated rings. The number of carbonyl (C=O) groups is 3. The molecule has 34 heteroatoms. The van der Waals surface area contributed by atoms with Crippen LogP contribution in [0.4, 0.5) is 4.79 Å². The Kier molecular flexibility index (Phi) is 47.7. The van der Waals surface area contributed by atoms with Crippen molar-refractivity contribution < 1.29 is 82.3 Å².